The number of hydrogen-bond acceptors (Lipinski definition) is 4. The number of carbonyl (C=O) groups excluding carboxylic acids is 2. The predicted molar refractivity (Wildman–Crippen MR) is 114 cm³/mol. The van der Waals surface area contributed by atoms with Crippen LogP contribution in [0, 0.1) is 0 Å². The molecule has 29 heavy (non-hydrogen) atoms. The molecule has 0 aromatic heterocycles. The van der Waals surface area contributed by atoms with Crippen LogP contribution in [0.4, 0.5) is 0 Å². The van der Waals surface area contributed by atoms with Gasteiger partial charge in [0.15, 0.2) is 0 Å². The first-order chi connectivity index (χ1) is 14.0. The van der Waals surface area contributed by atoms with Crippen LogP contribution in [-0.4, -0.2) is 61.0 Å². The number of benzene rings is 2. The molecule has 5 nitrogen and oxygen atoms in total. The van der Waals surface area contributed by atoms with Gasteiger partial charge in [-0.3, -0.25) is 14.5 Å². The van der Waals surface area contributed by atoms with Crippen LogP contribution in [0.2, 0.25) is 5.02 Å². The van der Waals surface area contributed by atoms with Crippen molar-refractivity contribution in [2.24, 2.45) is 0 Å². The zero-order chi connectivity index (χ0) is 20.6. The summed E-state index contributed by atoms with van der Waals surface area (Å²) in [6.45, 7) is 6.41. The highest BCUT2D eigenvalue weighted by Crippen LogP contribution is 2.14. The summed E-state index contributed by atoms with van der Waals surface area (Å²) in [5.74, 6) is -0.121. The topological polar surface area (TPSA) is 49.9 Å². The van der Waals surface area contributed by atoms with Crippen LogP contribution in [0.3, 0.4) is 0 Å². The first-order valence-corrected chi connectivity index (χ1v) is 10.4. The predicted octanol–water partition coefficient (Wildman–Crippen LogP) is 3.45. The molecule has 1 saturated heterocycles. The van der Waals surface area contributed by atoms with Gasteiger partial charge in [-0.2, -0.15) is 0 Å². The van der Waals surface area contributed by atoms with Crippen LogP contribution in [0.15, 0.2) is 48.5 Å². The van der Waals surface area contributed by atoms with Gasteiger partial charge in [0.1, 0.15) is 0 Å². The molecule has 154 valence electrons. The van der Waals surface area contributed by atoms with Crippen LogP contribution in [0.5, 0.6) is 0 Å². The minimum atomic E-state index is -0.189. The van der Waals surface area contributed by atoms with Crippen molar-refractivity contribution in [1.82, 2.24) is 9.80 Å². The van der Waals surface area contributed by atoms with Crippen molar-refractivity contribution >= 4 is 23.5 Å². The average Bonchev–Trinajstić information content (AvgIpc) is 2.74. The lowest BCUT2D eigenvalue weighted by Crippen LogP contribution is -2.49. The van der Waals surface area contributed by atoms with Crippen LogP contribution >= 0.6 is 11.6 Å². The van der Waals surface area contributed by atoms with E-state index in [4.69, 9.17) is 16.3 Å². The first-order valence-electron chi connectivity index (χ1n) is 10.1. The molecule has 1 amide bonds. The number of ether oxygens (including phenoxy) is 1. The zero-order valence-electron chi connectivity index (χ0n) is 16.8. The smallest absolute Gasteiger partial charge is 0.310 e. The van der Waals surface area contributed by atoms with Gasteiger partial charge in [0.25, 0.3) is 5.91 Å². The van der Waals surface area contributed by atoms with Gasteiger partial charge in [0, 0.05) is 43.3 Å². The van der Waals surface area contributed by atoms with E-state index in [1.54, 1.807) is 24.3 Å². The fourth-order valence-electron chi connectivity index (χ4n) is 3.44. The second-order valence-corrected chi connectivity index (χ2v) is 7.63. The summed E-state index contributed by atoms with van der Waals surface area (Å²) in [5.41, 5.74) is 2.91. The molecule has 2 aromatic rings. The van der Waals surface area contributed by atoms with E-state index < -0.39 is 0 Å². The number of carbonyl (C=O) groups is 2. The van der Waals surface area contributed by atoms with E-state index in [9.17, 15) is 9.59 Å². The van der Waals surface area contributed by atoms with Crippen LogP contribution in [-0.2, 0) is 22.4 Å². The number of amides is 1. The molecule has 1 heterocycles. The normalized spacial score (nSPS) is 14.6. The molecule has 1 aliphatic rings. The summed E-state index contributed by atoms with van der Waals surface area (Å²) in [6.07, 6.45) is 1.27. The van der Waals surface area contributed by atoms with E-state index in [1.165, 1.54) is 5.56 Å². The quantitative estimate of drug-likeness (QED) is 0.651. The lowest BCUT2D eigenvalue weighted by molar-refractivity contribution is -0.142. The van der Waals surface area contributed by atoms with Crippen molar-refractivity contribution in [3.63, 3.8) is 0 Å². The molecule has 3 rings (SSSR count). The number of piperazine rings is 1. The number of hydrogen-bond donors (Lipinski definition) is 0. The lowest BCUT2D eigenvalue weighted by Gasteiger charge is -2.34. The maximum absolute atomic E-state index is 12.6. The van der Waals surface area contributed by atoms with E-state index in [0.29, 0.717) is 23.6 Å². The van der Waals surface area contributed by atoms with E-state index in [-0.39, 0.29) is 11.9 Å². The van der Waals surface area contributed by atoms with Crippen LogP contribution in [0.25, 0.3) is 0 Å². The molecular formula is C23H27ClN2O3. The third-order valence-electron chi connectivity index (χ3n) is 5.14. The second kappa shape index (κ2) is 10.4. The van der Waals surface area contributed by atoms with Crippen molar-refractivity contribution in [2.45, 2.75) is 19.8 Å². The third kappa shape index (κ3) is 6.31. The maximum Gasteiger partial charge on any atom is 0.310 e. The van der Waals surface area contributed by atoms with E-state index >= 15 is 0 Å². The Morgan fingerprint density at radius 2 is 1.55 bits per heavy atom. The summed E-state index contributed by atoms with van der Waals surface area (Å²) in [6, 6.07) is 15.2. The van der Waals surface area contributed by atoms with E-state index in [1.807, 2.05) is 24.0 Å². The standard InChI is InChI=1S/C23H27ClN2O3/c1-2-29-22(27)17-19-5-3-18(4-6-19)11-12-25-13-15-26(16-14-25)23(28)20-7-9-21(24)10-8-20/h3-10H,2,11-17H2,1H3. The Labute approximate surface area is 177 Å². The molecular weight excluding hydrogens is 388 g/mol. The largest absolute Gasteiger partial charge is 0.466 e. The molecule has 1 fully saturated rings. The van der Waals surface area contributed by atoms with Gasteiger partial charge < -0.3 is 9.64 Å². The summed E-state index contributed by atoms with van der Waals surface area (Å²) >= 11 is 5.90. The van der Waals surface area contributed by atoms with E-state index in [0.717, 1.165) is 44.7 Å². The Balaban J connectivity index is 1.42. The monoisotopic (exact) mass is 414 g/mol. The number of halogens is 1. The third-order valence-corrected chi connectivity index (χ3v) is 5.40. The van der Waals surface area contributed by atoms with Crippen molar-refractivity contribution in [1.29, 1.82) is 0 Å². The Morgan fingerprint density at radius 3 is 2.17 bits per heavy atom. The molecule has 0 spiro atoms. The number of rotatable bonds is 7. The van der Waals surface area contributed by atoms with Gasteiger partial charge >= 0.3 is 5.97 Å². The molecule has 0 N–H and O–H groups in total. The molecule has 0 radical (unpaired) electrons. The fraction of sp³-hybridized carbons (Fsp3) is 0.391. The Bertz CT molecular complexity index is 813. The maximum atomic E-state index is 12.6. The second-order valence-electron chi connectivity index (χ2n) is 7.19. The molecule has 2 aromatic carbocycles. The highest BCUT2D eigenvalue weighted by molar-refractivity contribution is 6.30. The van der Waals surface area contributed by atoms with Crippen molar-refractivity contribution in [3.05, 3.63) is 70.2 Å². The average molecular weight is 415 g/mol. The highest BCUT2D eigenvalue weighted by Gasteiger charge is 2.21. The van der Waals surface area contributed by atoms with Crippen molar-refractivity contribution in [3.8, 4) is 0 Å². The minimum Gasteiger partial charge on any atom is -0.466 e. The Kier molecular flexibility index (Phi) is 7.67. The lowest BCUT2D eigenvalue weighted by atomic mass is 10.1. The molecule has 1 aliphatic heterocycles. The highest BCUT2D eigenvalue weighted by atomic mass is 35.5. The zero-order valence-corrected chi connectivity index (χ0v) is 17.5. The SMILES string of the molecule is CCOC(=O)Cc1ccc(CCN2CCN(C(=O)c3ccc(Cl)cc3)CC2)cc1. The molecule has 0 aliphatic carbocycles. The molecule has 0 saturated carbocycles. The summed E-state index contributed by atoms with van der Waals surface area (Å²) < 4.78 is 4.98. The fourth-order valence-corrected chi connectivity index (χ4v) is 3.57. The van der Waals surface area contributed by atoms with Gasteiger partial charge in [-0.15, -0.1) is 0 Å². The molecule has 6 heteroatoms. The molecule has 0 bridgehead atoms. The van der Waals surface area contributed by atoms with Gasteiger partial charge in [-0.1, -0.05) is 35.9 Å². The number of nitrogens with zero attached hydrogens (tertiary/aromatic N) is 2. The van der Waals surface area contributed by atoms with Gasteiger partial charge in [0.2, 0.25) is 0 Å². The van der Waals surface area contributed by atoms with Crippen LogP contribution < -0.4 is 0 Å². The Hall–Kier alpha value is -2.37. The van der Waals surface area contributed by atoms with E-state index in [2.05, 4.69) is 17.0 Å². The van der Waals surface area contributed by atoms with Gasteiger partial charge in [-0.05, 0) is 48.7 Å². The Morgan fingerprint density at radius 1 is 0.931 bits per heavy atom. The summed E-state index contributed by atoms with van der Waals surface area (Å²) in [7, 11) is 0. The first kappa shape index (κ1) is 21.3. The minimum absolute atomic E-state index is 0.0681. The van der Waals surface area contributed by atoms with Crippen molar-refractivity contribution < 1.29 is 14.3 Å². The summed E-state index contributed by atoms with van der Waals surface area (Å²) in [4.78, 5) is 28.4. The number of esters is 1. The molecule has 0 atom stereocenters. The molecule has 0 unspecified atom stereocenters. The summed E-state index contributed by atoms with van der Waals surface area (Å²) in [5, 5.41) is 0.639. The van der Waals surface area contributed by atoms with Crippen LogP contribution in [0.1, 0.15) is 28.4 Å². The van der Waals surface area contributed by atoms with Crippen molar-refractivity contribution in [2.75, 3.05) is 39.3 Å². The van der Waals surface area contributed by atoms with Gasteiger partial charge in [0.05, 0.1) is 13.0 Å². The van der Waals surface area contributed by atoms with Gasteiger partial charge in [-0.25, -0.2) is 0 Å².